The molecule has 0 aliphatic carbocycles. The first-order valence-electron chi connectivity index (χ1n) is 6.83. The monoisotopic (exact) mass is 282 g/mol. The number of hydrogen-bond acceptors (Lipinski definition) is 3. The Morgan fingerprint density at radius 3 is 2.80 bits per heavy atom. The Bertz CT molecular complexity index is 493. The number of likely N-dealkylation sites (N-methyl/N-ethyl adjacent to an activating group) is 2. The summed E-state index contributed by atoms with van der Waals surface area (Å²) in [6.45, 7) is 2.42. The number of carbonyl (C=O) groups excluding carboxylic acids is 1. The van der Waals surface area contributed by atoms with E-state index in [0.717, 1.165) is 25.6 Å². The lowest BCUT2D eigenvalue weighted by molar-refractivity contribution is -0.123. The Hall–Kier alpha value is -1.33. The minimum absolute atomic E-state index is 0.0631. The number of halogens is 2. The van der Waals surface area contributed by atoms with Gasteiger partial charge < -0.3 is 4.90 Å². The van der Waals surface area contributed by atoms with Crippen molar-refractivity contribution >= 4 is 5.78 Å². The van der Waals surface area contributed by atoms with Crippen LogP contribution in [0.3, 0.4) is 0 Å². The highest BCUT2D eigenvalue weighted by Gasteiger charge is 2.27. The van der Waals surface area contributed by atoms with Gasteiger partial charge in [0.2, 0.25) is 0 Å². The molecule has 0 bridgehead atoms. The minimum Gasteiger partial charge on any atom is -0.304 e. The second kappa shape index (κ2) is 6.41. The molecule has 5 heteroatoms. The van der Waals surface area contributed by atoms with Gasteiger partial charge >= 0.3 is 0 Å². The zero-order valence-electron chi connectivity index (χ0n) is 11.9. The van der Waals surface area contributed by atoms with E-state index in [1.807, 2.05) is 19.0 Å². The van der Waals surface area contributed by atoms with Gasteiger partial charge in [0.25, 0.3) is 0 Å². The second-order valence-electron chi connectivity index (χ2n) is 5.47. The van der Waals surface area contributed by atoms with Gasteiger partial charge in [-0.05, 0) is 45.2 Å². The third-order valence-corrected chi connectivity index (χ3v) is 3.84. The highest BCUT2D eigenvalue weighted by Crippen LogP contribution is 2.15. The molecule has 1 atom stereocenters. The third-order valence-electron chi connectivity index (χ3n) is 3.84. The number of ketones is 1. The van der Waals surface area contributed by atoms with E-state index in [9.17, 15) is 13.6 Å². The van der Waals surface area contributed by atoms with Crippen LogP contribution in [0.25, 0.3) is 0 Å². The number of rotatable bonds is 3. The predicted molar refractivity (Wildman–Crippen MR) is 73.6 cm³/mol. The van der Waals surface area contributed by atoms with Gasteiger partial charge in [0.15, 0.2) is 17.4 Å². The quantitative estimate of drug-likeness (QED) is 0.843. The lowest BCUT2D eigenvalue weighted by atomic mass is 10.0. The first-order valence-corrected chi connectivity index (χ1v) is 6.83. The molecule has 0 N–H and O–H groups in total. The molecule has 20 heavy (non-hydrogen) atoms. The molecule has 0 aromatic heterocycles. The van der Waals surface area contributed by atoms with E-state index in [4.69, 9.17) is 0 Å². The fourth-order valence-electron chi connectivity index (χ4n) is 2.61. The third kappa shape index (κ3) is 3.41. The molecule has 2 rings (SSSR count). The van der Waals surface area contributed by atoms with Crippen molar-refractivity contribution in [2.75, 3.05) is 33.7 Å². The lowest BCUT2D eigenvalue weighted by Crippen LogP contribution is -2.44. The van der Waals surface area contributed by atoms with Crippen LogP contribution in [0.5, 0.6) is 0 Å². The molecule has 1 aromatic carbocycles. The molecule has 1 aromatic rings. The molecular weight excluding hydrogens is 262 g/mol. The van der Waals surface area contributed by atoms with Gasteiger partial charge in [-0.3, -0.25) is 9.69 Å². The molecule has 3 nitrogen and oxygen atoms in total. The summed E-state index contributed by atoms with van der Waals surface area (Å²) in [5.41, 5.74) is 0.135. The summed E-state index contributed by atoms with van der Waals surface area (Å²) in [7, 11) is 3.88. The summed E-state index contributed by atoms with van der Waals surface area (Å²) in [4.78, 5) is 16.5. The van der Waals surface area contributed by atoms with Crippen molar-refractivity contribution in [1.82, 2.24) is 9.80 Å². The fraction of sp³-hybridized carbons (Fsp3) is 0.533. The molecule has 0 amide bonds. The lowest BCUT2D eigenvalue weighted by Gasteiger charge is -2.26. The van der Waals surface area contributed by atoms with E-state index in [1.54, 1.807) is 0 Å². The van der Waals surface area contributed by atoms with Crippen LogP contribution < -0.4 is 0 Å². The average Bonchev–Trinajstić information content (AvgIpc) is 2.57. The van der Waals surface area contributed by atoms with E-state index in [2.05, 4.69) is 4.90 Å². The molecule has 1 aliphatic heterocycles. The average molecular weight is 282 g/mol. The van der Waals surface area contributed by atoms with E-state index < -0.39 is 11.6 Å². The molecule has 0 saturated carbocycles. The molecule has 110 valence electrons. The maximum absolute atomic E-state index is 13.6. The van der Waals surface area contributed by atoms with E-state index >= 15 is 0 Å². The SMILES string of the molecule is CN1CCCN(C)C(C(=O)Cc2cccc(F)c2F)C1. The highest BCUT2D eigenvalue weighted by molar-refractivity contribution is 5.86. The molecule has 1 fully saturated rings. The number of Topliss-reactive ketones (excluding diaryl/α,β-unsaturated/α-hetero) is 1. The zero-order valence-corrected chi connectivity index (χ0v) is 11.9. The molecule has 1 unspecified atom stereocenters. The van der Waals surface area contributed by atoms with Crippen LogP contribution in [0.15, 0.2) is 18.2 Å². The second-order valence-corrected chi connectivity index (χ2v) is 5.47. The van der Waals surface area contributed by atoms with Crippen LogP contribution in [0.2, 0.25) is 0 Å². The van der Waals surface area contributed by atoms with Crippen molar-refractivity contribution in [3.63, 3.8) is 0 Å². The number of benzene rings is 1. The van der Waals surface area contributed by atoms with Gasteiger partial charge in [0.05, 0.1) is 6.04 Å². The van der Waals surface area contributed by atoms with Crippen LogP contribution in [-0.4, -0.2) is 55.4 Å². The van der Waals surface area contributed by atoms with Crippen molar-refractivity contribution in [2.24, 2.45) is 0 Å². The summed E-state index contributed by atoms with van der Waals surface area (Å²) >= 11 is 0. The molecule has 1 heterocycles. The highest BCUT2D eigenvalue weighted by atomic mass is 19.2. The first-order chi connectivity index (χ1) is 9.49. The summed E-state index contributed by atoms with van der Waals surface area (Å²) in [6, 6.07) is 3.71. The van der Waals surface area contributed by atoms with Crippen LogP contribution in [0, 0.1) is 11.6 Å². The van der Waals surface area contributed by atoms with Crippen LogP contribution >= 0.6 is 0 Å². The maximum Gasteiger partial charge on any atom is 0.162 e. The van der Waals surface area contributed by atoms with Crippen molar-refractivity contribution in [3.8, 4) is 0 Å². The Morgan fingerprint density at radius 2 is 2.05 bits per heavy atom. The predicted octanol–water partition coefficient (Wildman–Crippen LogP) is 1.71. The van der Waals surface area contributed by atoms with Gasteiger partial charge in [0, 0.05) is 13.0 Å². The van der Waals surface area contributed by atoms with Gasteiger partial charge in [-0.25, -0.2) is 8.78 Å². The van der Waals surface area contributed by atoms with Crippen molar-refractivity contribution in [2.45, 2.75) is 18.9 Å². The van der Waals surface area contributed by atoms with Gasteiger partial charge in [-0.15, -0.1) is 0 Å². The van der Waals surface area contributed by atoms with Gasteiger partial charge in [-0.2, -0.15) is 0 Å². The minimum atomic E-state index is -0.912. The largest absolute Gasteiger partial charge is 0.304 e. The molecule has 0 spiro atoms. The summed E-state index contributed by atoms with van der Waals surface area (Å²) < 4.78 is 26.8. The number of carbonyl (C=O) groups is 1. The maximum atomic E-state index is 13.6. The van der Waals surface area contributed by atoms with Crippen LogP contribution in [-0.2, 0) is 11.2 Å². The topological polar surface area (TPSA) is 23.6 Å². The Kier molecular flexibility index (Phi) is 4.83. The van der Waals surface area contributed by atoms with Crippen LogP contribution in [0.4, 0.5) is 8.78 Å². The Labute approximate surface area is 118 Å². The van der Waals surface area contributed by atoms with Gasteiger partial charge in [0.1, 0.15) is 0 Å². The summed E-state index contributed by atoms with van der Waals surface area (Å²) in [6.07, 6.45) is 0.942. The zero-order chi connectivity index (χ0) is 14.7. The summed E-state index contributed by atoms with van der Waals surface area (Å²) in [5.74, 6) is -1.88. The van der Waals surface area contributed by atoms with Gasteiger partial charge in [-0.1, -0.05) is 12.1 Å². The smallest absolute Gasteiger partial charge is 0.162 e. The number of nitrogens with zero attached hydrogens (tertiary/aromatic N) is 2. The van der Waals surface area contributed by atoms with E-state index in [0.29, 0.717) is 6.54 Å². The molecule has 0 radical (unpaired) electrons. The normalized spacial score (nSPS) is 21.7. The number of hydrogen-bond donors (Lipinski definition) is 0. The Balaban J connectivity index is 2.12. The molecule has 1 aliphatic rings. The molecular formula is C15H20F2N2O. The van der Waals surface area contributed by atoms with Crippen molar-refractivity contribution < 1.29 is 13.6 Å². The van der Waals surface area contributed by atoms with Crippen molar-refractivity contribution in [3.05, 3.63) is 35.4 Å². The van der Waals surface area contributed by atoms with Crippen LogP contribution in [0.1, 0.15) is 12.0 Å². The van der Waals surface area contributed by atoms with E-state index in [1.165, 1.54) is 12.1 Å². The standard InChI is InChI=1S/C15H20F2N2O/c1-18-7-4-8-19(2)13(10-18)14(20)9-11-5-3-6-12(16)15(11)17/h3,5-6,13H,4,7-10H2,1-2H3. The fourth-order valence-corrected chi connectivity index (χ4v) is 2.61. The van der Waals surface area contributed by atoms with E-state index in [-0.39, 0.29) is 23.8 Å². The van der Waals surface area contributed by atoms with Crippen molar-refractivity contribution in [1.29, 1.82) is 0 Å². The first kappa shape index (κ1) is 15.1. The molecule has 1 saturated heterocycles. The Morgan fingerprint density at radius 1 is 1.30 bits per heavy atom. The summed E-state index contributed by atoms with van der Waals surface area (Å²) in [5, 5.41) is 0.